The number of aliphatic hydroxyl groups is 1. The van der Waals surface area contributed by atoms with Gasteiger partial charge in [0.2, 0.25) is 0 Å². The van der Waals surface area contributed by atoms with Crippen LogP contribution in [0.3, 0.4) is 0 Å². The third-order valence-electron chi connectivity index (χ3n) is 10.1. The summed E-state index contributed by atoms with van der Waals surface area (Å²) in [5, 5.41) is 26.2. The first kappa shape index (κ1) is 20.4. The van der Waals surface area contributed by atoms with Gasteiger partial charge in [0.05, 0.1) is 11.5 Å². The van der Waals surface area contributed by atoms with E-state index in [4.69, 9.17) is 4.74 Å². The first-order valence-corrected chi connectivity index (χ1v) is 13.0. The minimum Gasteiger partial charge on any atom is -0.504 e. The summed E-state index contributed by atoms with van der Waals surface area (Å²) in [6, 6.07) is 12.8. The number of piperidine rings is 1. The number of nitrogens with one attached hydrogen (secondary N) is 1. The number of aromatic hydroxyl groups is 1. The molecule has 5 aliphatic carbocycles. The molecule has 35 heavy (non-hydrogen) atoms. The predicted molar refractivity (Wildman–Crippen MR) is 129 cm³/mol. The molecule has 0 radical (unpaired) electrons. The van der Waals surface area contributed by atoms with Crippen LogP contribution >= 0.6 is 0 Å². The fourth-order valence-corrected chi connectivity index (χ4v) is 8.48. The molecule has 6 nitrogen and oxygen atoms in total. The van der Waals surface area contributed by atoms with Gasteiger partial charge in [0.15, 0.2) is 11.5 Å². The van der Waals surface area contributed by atoms with E-state index in [0.717, 1.165) is 37.4 Å². The van der Waals surface area contributed by atoms with Crippen molar-refractivity contribution in [2.24, 2.45) is 11.3 Å². The summed E-state index contributed by atoms with van der Waals surface area (Å²) in [4.78, 5) is 15.9. The molecule has 4 bridgehead atoms. The van der Waals surface area contributed by atoms with Gasteiger partial charge in [-0.05, 0) is 68.3 Å². The zero-order valence-corrected chi connectivity index (χ0v) is 19.6. The Bertz CT molecular complexity index is 1290. The molecule has 6 heteroatoms. The average molecular weight is 471 g/mol. The number of amides is 1. The Morgan fingerprint density at radius 3 is 2.77 bits per heavy atom. The summed E-state index contributed by atoms with van der Waals surface area (Å²) in [7, 11) is 0. The predicted octanol–water partition coefficient (Wildman–Crippen LogP) is 2.92. The molecule has 2 aliphatic heterocycles. The highest BCUT2D eigenvalue weighted by atomic mass is 16.5. The molecule has 0 aromatic heterocycles. The fraction of sp³-hybridized carbons (Fsp3) is 0.483. The van der Waals surface area contributed by atoms with E-state index in [-0.39, 0.29) is 23.1 Å². The Balaban J connectivity index is 1.28. The van der Waals surface area contributed by atoms with Crippen molar-refractivity contribution < 1.29 is 19.7 Å². The lowest BCUT2D eigenvalue weighted by molar-refractivity contribution is -0.191. The quantitative estimate of drug-likeness (QED) is 0.599. The Labute approximate surface area is 204 Å². The first-order valence-electron chi connectivity index (χ1n) is 13.0. The van der Waals surface area contributed by atoms with Crippen molar-refractivity contribution in [3.05, 3.63) is 71.3 Å². The van der Waals surface area contributed by atoms with E-state index in [1.165, 1.54) is 18.4 Å². The lowest BCUT2D eigenvalue weighted by Crippen LogP contribution is -2.81. The number of carbonyl (C=O) groups is 1. The van der Waals surface area contributed by atoms with Gasteiger partial charge in [-0.3, -0.25) is 9.69 Å². The lowest BCUT2D eigenvalue weighted by atomic mass is 9.38. The second-order valence-electron chi connectivity index (χ2n) is 11.7. The molecule has 3 fully saturated rings. The van der Waals surface area contributed by atoms with Gasteiger partial charge in [0.1, 0.15) is 11.7 Å². The number of carbonyl (C=O) groups excluding carboxylic acids is 1. The van der Waals surface area contributed by atoms with Crippen LogP contribution in [-0.2, 0) is 11.8 Å². The number of hydrogen-bond acceptors (Lipinski definition) is 5. The van der Waals surface area contributed by atoms with E-state index < -0.39 is 23.2 Å². The maximum absolute atomic E-state index is 13.2. The highest BCUT2D eigenvalue weighted by Crippen LogP contribution is 2.73. The summed E-state index contributed by atoms with van der Waals surface area (Å²) in [6.07, 6.45) is 8.72. The van der Waals surface area contributed by atoms with Crippen molar-refractivity contribution in [2.75, 3.05) is 13.1 Å². The number of phenolic OH excluding ortho intramolecular Hbond substituents is 1. The number of rotatable bonds is 4. The molecule has 3 N–H and O–H groups in total. The summed E-state index contributed by atoms with van der Waals surface area (Å²) in [6.45, 7) is 2.09. The molecule has 9 rings (SSSR count). The summed E-state index contributed by atoms with van der Waals surface area (Å²) in [5.74, 6) is 1.30. The van der Waals surface area contributed by atoms with Crippen molar-refractivity contribution in [1.29, 1.82) is 0 Å². The van der Waals surface area contributed by atoms with Crippen LogP contribution in [0.25, 0.3) is 0 Å². The third-order valence-corrected chi connectivity index (χ3v) is 10.1. The molecule has 2 aromatic rings. The van der Waals surface area contributed by atoms with Crippen molar-refractivity contribution in [2.45, 2.75) is 61.3 Å². The zero-order valence-electron chi connectivity index (χ0n) is 19.6. The number of fused-ring (bicyclic) bond motifs is 1. The molecule has 2 aromatic carbocycles. The molecule has 6 atom stereocenters. The van der Waals surface area contributed by atoms with Gasteiger partial charge in [-0.25, -0.2) is 0 Å². The smallest absolute Gasteiger partial charge is 0.251 e. The van der Waals surface area contributed by atoms with Crippen LogP contribution in [-0.4, -0.2) is 57.9 Å². The normalized spacial score (nSPS) is 39.7. The minimum atomic E-state index is -1.35. The maximum Gasteiger partial charge on any atom is 0.251 e. The lowest BCUT2D eigenvalue weighted by Gasteiger charge is -2.70. The van der Waals surface area contributed by atoms with Gasteiger partial charge in [0, 0.05) is 29.1 Å². The van der Waals surface area contributed by atoms with Crippen molar-refractivity contribution >= 4 is 5.91 Å². The Morgan fingerprint density at radius 1 is 1.14 bits per heavy atom. The largest absolute Gasteiger partial charge is 0.504 e. The van der Waals surface area contributed by atoms with E-state index in [2.05, 4.69) is 22.4 Å². The number of hydrogen-bond donors (Lipinski definition) is 3. The molecule has 2 spiro atoms. The van der Waals surface area contributed by atoms with Gasteiger partial charge >= 0.3 is 0 Å². The van der Waals surface area contributed by atoms with Gasteiger partial charge in [0.25, 0.3) is 5.91 Å². The monoisotopic (exact) mass is 470 g/mol. The standard InChI is InChI=1S/C29H30N2O4/c32-20-9-8-19-14-22-27-10-11-29(34,21(15-27)30-25(33)18-4-2-1-3-5-18)26-28(27,23(19)24(20)35-26)12-13-31(22)16-17-6-7-17/h1-5,8-11,17,21-22,26,32,34H,6-7,12-16H2,(H,30,33)/t21-,22+,26+,27+,28-,29-/m0/s1. The molecule has 7 aliphatic rings. The number of phenols is 1. The molecule has 1 saturated heterocycles. The Morgan fingerprint density at radius 2 is 1.97 bits per heavy atom. The second kappa shape index (κ2) is 6.48. The first-order chi connectivity index (χ1) is 17.0. The van der Waals surface area contributed by atoms with Crippen molar-refractivity contribution in [1.82, 2.24) is 10.2 Å². The van der Waals surface area contributed by atoms with Crippen molar-refractivity contribution in [3.8, 4) is 11.5 Å². The molecule has 0 unspecified atom stereocenters. The molecule has 1 amide bonds. The SMILES string of the molecule is O=C(N[C@H]1C[C@@]23C=C[C@@]1(O)[C@@H]1Oc4c(O)ccc5c4[C@@]12CCN(CC1CC1)[C@@H]3C5)c1ccccc1. The van der Waals surface area contributed by atoms with Gasteiger partial charge < -0.3 is 20.3 Å². The number of benzene rings is 2. The average Bonchev–Trinajstić information content (AvgIpc) is 3.60. The van der Waals surface area contributed by atoms with Crippen LogP contribution in [0.15, 0.2) is 54.6 Å². The molecule has 2 saturated carbocycles. The number of nitrogens with zero attached hydrogens (tertiary/aromatic N) is 1. The van der Waals surface area contributed by atoms with E-state index in [9.17, 15) is 15.0 Å². The van der Waals surface area contributed by atoms with Crippen LogP contribution in [0.5, 0.6) is 11.5 Å². The van der Waals surface area contributed by atoms with E-state index in [1.54, 1.807) is 18.2 Å². The second-order valence-corrected chi connectivity index (χ2v) is 11.7. The van der Waals surface area contributed by atoms with Crippen LogP contribution in [0.1, 0.15) is 47.2 Å². The third kappa shape index (κ3) is 2.35. The minimum absolute atomic E-state index is 0.148. The van der Waals surface area contributed by atoms with Gasteiger partial charge in [-0.1, -0.05) is 36.4 Å². The topological polar surface area (TPSA) is 82.0 Å². The summed E-state index contributed by atoms with van der Waals surface area (Å²) in [5.41, 5.74) is 0.928. The molecular formula is C29H30N2O4. The number of likely N-dealkylation sites (tertiary alicyclic amines) is 1. The van der Waals surface area contributed by atoms with Crippen LogP contribution in [0.4, 0.5) is 0 Å². The van der Waals surface area contributed by atoms with Crippen LogP contribution in [0, 0.1) is 11.3 Å². The Hall–Kier alpha value is -2.83. The van der Waals surface area contributed by atoms with Crippen LogP contribution < -0.4 is 10.1 Å². The highest BCUT2D eigenvalue weighted by molar-refractivity contribution is 5.94. The zero-order chi connectivity index (χ0) is 23.6. The van der Waals surface area contributed by atoms with Gasteiger partial charge in [-0.15, -0.1) is 0 Å². The molecular weight excluding hydrogens is 440 g/mol. The highest BCUT2D eigenvalue weighted by Gasteiger charge is 2.79. The van der Waals surface area contributed by atoms with E-state index in [0.29, 0.717) is 17.7 Å². The maximum atomic E-state index is 13.2. The Kier molecular flexibility index (Phi) is 3.77. The van der Waals surface area contributed by atoms with Gasteiger partial charge in [-0.2, -0.15) is 0 Å². The fourth-order valence-electron chi connectivity index (χ4n) is 8.48. The molecule has 180 valence electrons. The molecule has 2 heterocycles. The van der Waals surface area contributed by atoms with Crippen molar-refractivity contribution in [3.63, 3.8) is 0 Å². The van der Waals surface area contributed by atoms with Crippen LogP contribution in [0.2, 0.25) is 0 Å². The summed E-state index contributed by atoms with van der Waals surface area (Å²) >= 11 is 0. The number of ether oxygens (including phenoxy) is 1. The van der Waals surface area contributed by atoms with E-state index >= 15 is 0 Å². The van der Waals surface area contributed by atoms with E-state index in [1.807, 2.05) is 24.3 Å². The summed E-state index contributed by atoms with van der Waals surface area (Å²) < 4.78 is 6.57.